The van der Waals surface area contributed by atoms with Gasteiger partial charge < -0.3 is 0 Å². The van der Waals surface area contributed by atoms with Gasteiger partial charge in [-0.3, -0.25) is 9.47 Å². The summed E-state index contributed by atoms with van der Waals surface area (Å²) in [6.45, 7) is 5.49. The van der Waals surface area contributed by atoms with Crippen molar-refractivity contribution in [2.24, 2.45) is 5.92 Å². The van der Waals surface area contributed by atoms with Crippen LogP contribution in [0.5, 0.6) is 0 Å². The van der Waals surface area contributed by atoms with Crippen molar-refractivity contribution in [3.8, 4) is 17.1 Å². The van der Waals surface area contributed by atoms with E-state index in [0.29, 0.717) is 28.8 Å². The summed E-state index contributed by atoms with van der Waals surface area (Å²) in [5.41, 5.74) is 1.83. The molecule has 0 N–H and O–H groups in total. The zero-order valence-electron chi connectivity index (χ0n) is 18.2. The van der Waals surface area contributed by atoms with Gasteiger partial charge in [0, 0.05) is 28.9 Å². The third-order valence-corrected chi connectivity index (χ3v) is 7.99. The van der Waals surface area contributed by atoms with Gasteiger partial charge in [-0.2, -0.15) is 0 Å². The van der Waals surface area contributed by atoms with E-state index in [4.69, 9.17) is 28.9 Å². The molecule has 4 rings (SSSR count). The summed E-state index contributed by atoms with van der Waals surface area (Å²) >= 11 is 12.0. The summed E-state index contributed by atoms with van der Waals surface area (Å²) in [5.74, 6) is 1.55. The third kappa shape index (κ3) is 5.14. The summed E-state index contributed by atoms with van der Waals surface area (Å²) in [6, 6.07) is 17.4. The molecule has 0 radical (unpaired) electrons. The van der Waals surface area contributed by atoms with Gasteiger partial charge in [0.05, 0.1) is 18.2 Å². The molecule has 0 unspecified atom stereocenters. The van der Waals surface area contributed by atoms with Crippen molar-refractivity contribution in [3.63, 3.8) is 0 Å². The van der Waals surface area contributed by atoms with Gasteiger partial charge in [-0.05, 0) is 61.0 Å². The highest BCUT2D eigenvalue weighted by atomic mass is 35.5. The first-order valence-corrected chi connectivity index (χ1v) is 13.3. The Morgan fingerprint density at radius 2 is 1.84 bits per heavy atom. The van der Waals surface area contributed by atoms with Gasteiger partial charge in [-0.1, -0.05) is 43.6 Å². The Morgan fingerprint density at radius 3 is 2.44 bits per heavy atom. The highest BCUT2D eigenvalue weighted by Crippen LogP contribution is 2.25. The SMILES string of the molecule is CC(C)CN(Cn1nc(-c2ccc(Cl)cc2)n(-c2ccccc2)c1=S)[C@@H]1CCS(=O)(=O)C1. The lowest BCUT2D eigenvalue weighted by molar-refractivity contribution is 0.137. The van der Waals surface area contributed by atoms with E-state index in [-0.39, 0.29) is 17.5 Å². The first-order valence-electron chi connectivity index (χ1n) is 10.7. The van der Waals surface area contributed by atoms with E-state index in [0.717, 1.165) is 23.6 Å². The van der Waals surface area contributed by atoms with Crippen LogP contribution in [-0.2, 0) is 16.5 Å². The number of rotatable bonds is 7. The quantitative estimate of drug-likeness (QED) is 0.444. The van der Waals surface area contributed by atoms with Gasteiger partial charge in [0.1, 0.15) is 0 Å². The Morgan fingerprint density at radius 1 is 1.16 bits per heavy atom. The van der Waals surface area contributed by atoms with Crippen LogP contribution in [-0.4, -0.2) is 51.8 Å². The van der Waals surface area contributed by atoms with Crippen LogP contribution < -0.4 is 0 Å². The molecule has 1 aliphatic rings. The van der Waals surface area contributed by atoms with Crippen LogP contribution in [0.4, 0.5) is 0 Å². The van der Waals surface area contributed by atoms with Crippen molar-refractivity contribution in [2.75, 3.05) is 18.1 Å². The molecule has 0 spiro atoms. The molecule has 32 heavy (non-hydrogen) atoms. The predicted molar refractivity (Wildman–Crippen MR) is 131 cm³/mol. The van der Waals surface area contributed by atoms with Crippen molar-refractivity contribution in [2.45, 2.75) is 33.0 Å². The van der Waals surface area contributed by atoms with Gasteiger partial charge in [0.25, 0.3) is 0 Å². The van der Waals surface area contributed by atoms with Crippen molar-refractivity contribution in [3.05, 3.63) is 64.4 Å². The van der Waals surface area contributed by atoms with Gasteiger partial charge in [-0.25, -0.2) is 13.1 Å². The van der Waals surface area contributed by atoms with Crippen LogP contribution >= 0.6 is 23.8 Å². The van der Waals surface area contributed by atoms with E-state index < -0.39 is 9.84 Å². The Kier molecular flexibility index (Phi) is 6.86. The molecular formula is C23H27ClN4O2S2. The summed E-state index contributed by atoms with van der Waals surface area (Å²) in [5, 5.41) is 5.54. The Labute approximate surface area is 199 Å². The minimum absolute atomic E-state index is 0.0230. The smallest absolute Gasteiger partial charge is 0.204 e. The highest BCUT2D eigenvalue weighted by Gasteiger charge is 2.33. The first-order chi connectivity index (χ1) is 15.2. The number of para-hydroxylation sites is 1. The van der Waals surface area contributed by atoms with Crippen LogP contribution in [0.2, 0.25) is 5.02 Å². The molecule has 1 aromatic heterocycles. The maximum absolute atomic E-state index is 12.1. The minimum Gasteiger partial charge on any atom is -0.280 e. The van der Waals surface area contributed by atoms with Gasteiger partial charge in [0.15, 0.2) is 15.7 Å². The topological polar surface area (TPSA) is 60.1 Å². The van der Waals surface area contributed by atoms with E-state index >= 15 is 0 Å². The number of halogens is 1. The average Bonchev–Trinajstić information content (AvgIpc) is 3.27. The fourth-order valence-electron chi connectivity index (χ4n) is 4.12. The number of sulfone groups is 1. The van der Waals surface area contributed by atoms with E-state index in [1.165, 1.54) is 0 Å². The second-order valence-electron chi connectivity index (χ2n) is 8.65. The average molecular weight is 491 g/mol. The molecule has 1 saturated heterocycles. The molecule has 3 aromatic rings. The lowest BCUT2D eigenvalue weighted by atomic mass is 10.1. The number of benzene rings is 2. The summed E-state index contributed by atoms with van der Waals surface area (Å²) in [7, 11) is -2.99. The van der Waals surface area contributed by atoms with Crippen LogP contribution in [0.1, 0.15) is 20.3 Å². The van der Waals surface area contributed by atoms with Crippen LogP contribution in [0.15, 0.2) is 54.6 Å². The van der Waals surface area contributed by atoms with Gasteiger partial charge in [0.2, 0.25) is 4.77 Å². The molecule has 1 aliphatic heterocycles. The lowest BCUT2D eigenvalue weighted by Gasteiger charge is -2.29. The Balaban J connectivity index is 1.76. The van der Waals surface area contributed by atoms with Crippen LogP contribution in [0.3, 0.4) is 0 Å². The van der Waals surface area contributed by atoms with E-state index in [9.17, 15) is 8.42 Å². The van der Waals surface area contributed by atoms with Crippen LogP contribution in [0.25, 0.3) is 17.1 Å². The number of aromatic nitrogens is 3. The van der Waals surface area contributed by atoms with Crippen molar-refractivity contribution < 1.29 is 8.42 Å². The Bertz CT molecular complexity index is 1240. The second-order valence-corrected chi connectivity index (χ2v) is 11.7. The summed E-state index contributed by atoms with van der Waals surface area (Å²) < 4.78 is 28.6. The minimum atomic E-state index is -2.99. The normalized spacial score (nSPS) is 18.0. The van der Waals surface area contributed by atoms with Crippen molar-refractivity contribution in [1.29, 1.82) is 0 Å². The zero-order chi connectivity index (χ0) is 22.9. The predicted octanol–water partition coefficient (Wildman–Crippen LogP) is 4.83. The maximum Gasteiger partial charge on any atom is 0.204 e. The van der Waals surface area contributed by atoms with E-state index in [2.05, 4.69) is 18.7 Å². The number of hydrogen-bond acceptors (Lipinski definition) is 5. The van der Waals surface area contributed by atoms with E-state index in [1.54, 1.807) is 4.68 Å². The van der Waals surface area contributed by atoms with E-state index in [1.807, 2.05) is 59.2 Å². The molecule has 0 bridgehead atoms. The summed E-state index contributed by atoms with van der Waals surface area (Å²) in [6.07, 6.45) is 0.645. The highest BCUT2D eigenvalue weighted by molar-refractivity contribution is 7.91. The molecule has 2 heterocycles. The molecule has 0 aliphatic carbocycles. The first kappa shape index (κ1) is 23.2. The Hall–Kier alpha value is -2.00. The molecule has 9 heteroatoms. The maximum atomic E-state index is 12.1. The molecule has 6 nitrogen and oxygen atoms in total. The molecule has 2 aromatic carbocycles. The zero-order valence-corrected chi connectivity index (χ0v) is 20.6. The molecular weight excluding hydrogens is 464 g/mol. The molecule has 170 valence electrons. The van der Waals surface area contributed by atoms with Crippen molar-refractivity contribution in [1.82, 2.24) is 19.2 Å². The fourth-order valence-corrected chi connectivity index (χ4v) is 6.30. The second kappa shape index (κ2) is 9.47. The lowest BCUT2D eigenvalue weighted by Crippen LogP contribution is -2.40. The molecule has 0 amide bonds. The summed E-state index contributed by atoms with van der Waals surface area (Å²) in [4.78, 5) is 2.21. The molecule has 0 saturated carbocycles. The fraction of sp³-hybridized carbons (Fsp3) is 0.391. The van der Waals surface area contributed by atoms with Crippen molar-refractivity contribution >= 4 is 33.7 Å². The number of nitrogens with zero attached hydrogens (tertiary/aromatic N) is 4. The number of hydrogen-bond donors (Lipinski definition) is 0. The van der Waals surface area contributed by atoms with Gasteiger partial charge >= 0.3 is 0 Å². The third-order valence-electron chi connectivity index (χ3n) is 5.60. The monoisotopic (exact) mass is 490 g/mol. The van der Waals surface area contributed by atoms with Crippen LogP contribution in [0, 0.1) is 10.7 Å². The van der Waals surface area contributed by atoms with Gasteiger partial charge in [-0.15, -0.1) is 5.10 Å². The largest absolute Gasteiger partial charge is 0.280 e. The standard InChI is InChI=1S/C23H27ClN4O2S2/c1-17(2)14-26(21-12-13-32(29,30)15-21)16-27-23(31)28(20-6-4-3-5-7-20)22(25-27)18-8-10-19(24)11-9-18/h3-11,17,21H,12-16H2,1-2H3/t21-/m1/s1. The molecule has 1 fully saturated rings. The molecule has 1 atom stereocenters.